The number of carbonyl (C=O) groups is 3. The fourth-order valence-electron chi connectivity index (χ4n) is 3.70. The van der Waals surface area contributed by atoms with Crippen molar-refractivity contribution < 1.29 is 19.1 Å². The number of nitrogens with one attached hydrogen (secondary N) is 1. The van der Waals surface area contributed by atoms with Gasteiger partial charge in [0.05, 0.1) is 0 Å². The lowest BCUT2D eigenvalue weighted by molar-refractivity contribution is -0.133. The fourth-order valence-corrected chi connectivity index (χ4v) is 3.70. The van der Waals surface area contributed by atoms with Gasteiger partial charge in [-0.25, -0.2) is 0 Å². The molecule has 158 valence electrons. The van der Waals surface area contributed by atoms with Crippen LogP contribution in [0.1, 0.15) is 47.7 Å². The van der Waals surface area contributed by atoms with Crippen LogP contribution in [0.3, 0.4) is 0 Å². The Bertz CT molecular complexity index is 917. The van der Waals surface area contributed by atoms with Gasteiger partial charge < -0.3 is 15.0 Å². The molecule has 3 rings (SSSR count). The second-order valence-electron chi connectivity index (χ2n) is 7.68. The molecule has 1 aliphatic heterocycles. The number of aryl methyl sites for hydroxylation is 2. The van der Waals surface area contributed by atoms with E-state index in [1.807, 2.05) is 17.0 Å². The fraction of sp³-hybridized carbons (Fsp3) is 0.375. The number of carbonyl (C=O) groups excluding carboxylic acids is 3. The summed E-state index contributed by atoms with van der Waals surface area (Å²) in [7, 11) is 0. The topological polar surface area (TPSA) is 75.7 Å². The average Bonchev–Trinajstić information content (AvgIpc) is 2.73. The van der Waals surface area contributed by atoms with E-state index in [2.05, 4.69) is 24.4 Å². The highest BCUT2D eigenvalue weighted by atomic mass is 16.5. The maximum absolute atomic E-state index is 12.6. The lowest BCUT2D eigenvalue weighted by atomic mass is 10.0. The summed E-state index contributed by atoms with van der Waals surface area (Å²) in [6.45, 7) is 4.68. The zero-order valence-corrected chi connectivity index (χ0v) is 17.5. The van der Waals surface area contributed by atoms with Gasteiger partial charge in [-0.05, 0) is 55.5 Å². The molecule has 6 heteroatoms. The van der Waals surface area contributed by atoms with Crippen LogP contribution >= 0.6 is 0 Å². The van der Waals surface area contributed by atoms with Crippen LogP contribution < -0.4 is 10.1 Å². The Morgan fingerprint density at radius 2 is 1.80 bits per heavy atom. The molecule has 1 aliphatic rings. The van der Waals surface area contributed by atoms with Gasteiger partial charge in [-0.2, -0.15) is 0 Å². The maximum Gasteiger partial charge on any atom is 0.308 e. The van der Waals surface area contributed by atoms with Gasteiger partial charge in [0, 0.05) is 38.0 Å². The molecule has 1 heterocycles. The minimum absolute atomic E-state index is 0.0234. The van der Waals surface area contributed by atoms with Gasteiger partial charge in [0.15, 0.2) is 0 Å². The number of nitrogens with zero attached hydrogens (tertiary/aromatic N) is 1. The van der Waals surface area contributed by atoms with Crippen molar-refractivity contribution >= 4 is 17.8 Å². The molecule has 0 spiro atoms. The molecule has 0 bridgehead atoms. The van der Waals surface area contributed by atoms with Crippen molar-refractivity contribution in [3.05, 3.63) is 65.2 Å². The molecule has 2 aromatic carbocycles. The van der Waals surface area contributed by atoms with E-state index < -0.39 is 5.97 Å². The first kappa shape index (κ1) is 21.6. The van der Waals surface area contributed by atoms with Gasteiger partial charge in [0.2, 0.25) is 5.91 Å². The SMILES string of the molecule is CC(=O)Oc1cccc(C(=O)NC2CCN(C(=O)CCc3ccccc3C)CC2)c1. The van der Waals surface area contributed by atoms with Gasteiger partial charge in [0.1, 0.15) is 5.75 Å². The van der Waals surface area contributed by atoms with Crippen molar-refractivity contribution in [1.29, 1.82) is 0 Å². The first-order chi connectivity index (χ1) is 14.4. The molecule has 2 aromatic rings. The van der Waals surface area contributed by atoms with Crippen molar-refractivity contribution in [2.75, 3.05) is 13.1 Å². The third-order valence-corrected chi connectivity index (χ3v) is 5.41. The number of esters is 1. The monoisotopic (exact) mass is 408 g/mol. The van der Waals surface area contributed by atoms with E-state index >= 15 is 0 Å². The largest absolute Gasteiger partial charge is 0.427 e. The van der Waals surface area contributed by atoms with Gasteiger partial charge in [-0.1, -0.05) is 30.3 Å². The maximum atomic E-state index is 12.6. The number of hydrogen-bond acceptors (Lipinski definition) is 4. The predicted molar refractivity (Wildman–Crippen MR) is 114 cm³/mol. The minimum atomic E-state index is -0.424. The number of ether oxygens (including phenoxy) is 1. The first-order valence-electron chi connectivity index (χ1n) is 10.3. The molecule has 0 aliphatic carbocycles. The second kappa shape index (κ2) is 10.1. The molecular weight excluding hydrogens is 380 g/mol. The van der Waals surface area contributed by atoms with E-state index in [0.29, 0.717) is 30.8 Å². The van der Waals surface area contributed by atoms with Crippen molar-refractivity contribution in [2.24, 2.45) is 0 Å². The molecule has 0 aromatic heterocycles. The summed E-state index contributed by atoms with van der Waals surface area (Å²) in [5.74, 6) is -0.110. The van der Waals surface area contributed by atoms with E-state index in [0.717, 1.165) is 19.3 Å². The van der Waals surface area contributed by atoms with Crippen LogP contribution in [0.4, 0.5) is 0 Å². The zero-order valence-electron chi connectivity index (χ0n) is 17.5. The number of hydrogen-bond donors (Lipinski definition) is 1. The summed E-state index contributed by atoms with van der Waals surface area (Å²) in [5, 5.41) is 3.02. The number of amides is 2. The minimum Gasteiger partial charge on any atom is -0.427 e. The van der Waals surface area contributed by atoms with E-state index in [9.17, 15) is 14.4 Å². The second-order valence-corrected chi connectivity index (χ2v) is 7.68. The molecule has 0 radical (unpaired) electrons. The Kier molecular flexibility index (Phi) is 7.22. The van der Waals surface area contributed by atoms with Gasteiger partial charge >= 0.3 is 5.97 Å². The normalized spacial score (nSPS) is 14.3. The molecule has 6 nitrogen and oxygen atoms in total. The van der Waals surface area contributed by atoms with Crippen molar-refractivity contribution in [1.82, 2.24) is 10.2 Å². The Labute approximate surface area is 177 Å². The quantitative estimate of drug-likeness (QED) is 0.588. The van der Waals surface area contributed by atoms with Crippen molar-refractivity contribution in [3.63, 3.8) is 0 Å². The van der Waals surface area contributed by atoms with Crippen molar-refractivity contribution in [3.8, 4) is 5.75 Å². The third-order valence-electron chi connectivity index (χ3n) is 5.41. The van der Waals surface area contributed by atoms with Crippen LogP contribution in [-0.2, 0) is 16.0 Å². The Balaban J connectivity index is 1.46. The summed E-state index contributed by atoms with van der Waals surface area (Å²) >= 11 is 0. The summed E-state index contributed by atoms with van der Waals surface area (Å²) in [6.07, 6.45) is 2.71. The molecule has 2 amide bonds. The van der Waals surface area contributed by atoms with Crippen LogP contribution in [-0.4, -0.2) is 41.8 Å². The molecule has 0 atom stereocenters. The highest BCUT2D eigenvalue weighted by Gasteiger charge is 2.24. The standard InChI is InChI=1S/C24H28N2O4/c1-17-6-3-4-7-19(17)10-11-23(28)26-14-12-21(13-15-26)25-24(29)20-8-5-9-22(16-20)30-18(2)27/h3-9,16,21H,10-15H2,1-2H3,(H,25,29). The van der Waals surface area contributed by atoms with E-state index in [4.69, 9.17) is 4.74 Å². The molecule has 0 unspecified atom stereocenters. The smallest absolute Gasteiger partial charge is 0.308 e. The van der Waals surface area contributed by atoms with E-state index in [1.165, 1.54) is 18.1 Å². The van der Waals surface area contributed by atoms with Crippen LogP contribution in [0.2, 0.25) is 0 Å². The van der Waals surface area contributed by atoms with Gasteiger partial charge in [0.25, 0.3) is 5.91 Å². The van der Waals surface area contributed by atoms with Crippen LogP contribution in [0.5, 0.6) is 5.75 Å². The Hall–Kier alpha value is -3.15. The average molecular weight is 408 g/mol. The van der Waals surface area contributed by atoms with Crippen LogP contribution in [0.25, 0.3) is 0 Å². The summed E-state index contributed by atoms with van der Waals surface area (Å²) < 4.78 is 5.03. The molecular formula is C24H28N2O4. The lowest BCUT2D eigenvalue weighted by Crippen LogP contribution is -2.46. The number of piperidine rings is 1. The van der Waals surface area contributed by atoms with Crippen LogP contribution in [0.15, 0.2) is 48.5 Å². The Morgan fingerprint density at radius 1 is 1.07 bits per heavy atom. The summed E-state index contributed by atoms with van der Waals surface area (Å²) in [5.41, 5.74) is 2.87. The van der Waals surface area contributed by atoms with Gasteiger partial charge in [-0.15, -0.1) is 0 Å². The lowest BCUT2D eigenvalue weighted by Gasteiger charge is -2.32. The molecule has 1 saturated heterocycles. The highest BCUT2D eigenvalue weighted by Crippen LogP contribution is 2.17. The predicted octanol–water partition coefficient (Wildman–Crippen LogP) is 3.27. The summed E-state index contributed by atoms with van der Waals surface area (Å²) in [6, 6.07) is 14.7. The van der Waals surface area contributed by atoms with Crippen LogP contribution in [0, 0.1) is 6.92 Å². The zero-order chi connectivity index (χ0) is 21.5. The number of rotatable bonds is 6. The van der Waals surface area contributed by atoms with Crippen molar-refractivity contribution in [2.45, 2.75) is 45.6 Å². The molecule has 1 N–H and O–H groups in total. The number of benzene rings is 2. The Morgan fingerprint density at radius 3 is 2.50 bits per heavy atom. The molecule has 1 fully saturated rings. The third kappa shape index (κ3) is 5.92. The number of likely N-dealkylation sites (tertiary alicyclic amines) is 1. The van der Waals surface area contributed by atoms with Gasteiger partial charge in [-0.3, -0.25) is 14.4 Å². The summed E-state index contributed by atoms with van der Waals surface area (Å²) in [4.78, 5) is 38.1. The first-order valence-corrected chi connectivity index (χ1v) is 10.3. The van der Waals surface area contributed by atoms with E-state index in [1.54, 1.807) is 24.3 Å². The molecule has 0 saturated carbocycles. The highest BCUT2D eigenvalue weighted by molar-refractivity contribution is 5.95. The van der Waals surface area contributed by atoms with E-state index in [-0.39, 0.29) is 17.9 Å². The molecule has 30 heavy (non-hydrogen) atoms.